The summed E-state index contributed by atoms with van der Waals surface area (Å²) >= 11 is 0. The van der Waals surface area contributed by atoms with Crippen molar-refractivity contribution >= 4 is 11.8 Å². The van der Waals surface area contributed by atoms with E-state index in [1.165, 1.54) is 0 Å². The first-order valence-electron chi connectivity index (χ1n) is 10.3. The van der Waals surface area contributed by atoms with Gasteiger partial charge in [-0.25, -0.2) is 4.98 Å². The van der Waals surface area contributed by atoms with Crippen LogP contribution >= 0.6 is 0 Å². The third-order valence-corrected chi connectivity index (χ3v) is 5.85. The normalized spacial score (nSPS) is 25.1. The predicted octanol–water partition coefficient (Wildman–Crippen LogP) is 0.822. The van der Waals surface area contributed by atoms with Crippen molar-refractivity contribution in [2.24, 2.45) is 13.0 Å². The van der Waals surface area contributed by atoms with Gasteiger partial charge in [0.2, 0.25) is 11.8 Å². The largest absolute Gasteiger partial charge is 0.381 e. The van der Waals surface area contributed by atoms with E-state index in [1.54, 1.807) is 11.1 Å². The molecular weight excluding hydrogens is 358 g/mol. The van der Waals surface area contributed by atoms with E-state index in [9.17, 15) is 9.59 Å². The Labute approximate surface area is 167 Å². The fourth-order valence-electron chi connectivity index (χ4n) is 3.96. The molecule has 2 aliphatic heterocycles. The minimum atomic E-state index is -0.244. The number of hydrogen-bond acceptors (Lipinski definition) is 5. The van der Waals surface area contributed by atoms with Crippen molar-refractivity contribution in [2.75, 3.05) is 26.8 Å². The first-order chi connectivity index (χ1) is 13.5. The maximum absolute atomic E-state index is 12.7. The van der Waals surface area contributed by atoms with Crippen LogP contribution in [-0.2, 0) is 27.9 Å². The van der Waals surface area contributed by atoms with Crippen LogP contribution in [0.1, 0.15) is 44.3 Å². The highest BCUT2D eigenvalue weighted by Gasteiger charge is 2.28. The molecule has 2 atom stereocenters. The van der Waals surface area contributed by atoms with E-state index in [0.29, 0.717) is 26.3 Å². The van der Waals surface area contributed by atoms with Gasteiger partial charge in [-0.2, -0.15) is 0 Å². The summed E-state index contributed by atoms with van der Waals surface area (Å²) in [5, 5.41) is 6.67. The van der Waals surface area contributed by atoms with Gasteiger partial charge in [0, 0.05) is 70.7 Å². The number of carbonyl (C=O) groups excluding carboxylic acids is 2. The van der Waals surface area contributed by atoms with Crippen LogP contribution in [0.3, 0.4) is 0 Å². The first-order valence-corrected chi connectivity index (χ1v) is 10.3. The maximum atomic E-state index is 12.7. The Hall–Kier alpha value is -1.93. The molecule has 2 fully saturated rings. The molecule has 1 aromatic rings. The Morgan fingerprint density at radius 1 is 1.21 bits per heavy atom. The molecule has 1 aromatic heterocycles. The highest BCUT2D eigenvalue weighted by atomic mass is 16.5. The van der Waals surface area contributed by atoms with Crippen molar-refractivity contribution in [1.82, 2.24) is 25.1 Å². The number of amides is 2. The smallest absolute Gasteiger partial charge is 0.223 e. The molecule has 0 radical (unpaired) electrons. The highest BCUT2D eigenvalue weighted by molar-refractivity contribution is 5.86. The SMILES string of the molecule is CN1C[C@H](NCc2nccn2C)CCC[C@@H](C(=O)NC2CCOCC2)CC1=O. The van der Waals surface area contributed by atoms with Crippen LogP contribution in [0.25, 0.3) is 0 Å². The molecule has 0 aromatic carbocycles. The topological polar surface area (TPSA) is 88.5 Å². The molecule has 0 spiro atoms. The van der Waals surface area contributed by atoms with E-state index in [0.717, 1.165) is 37.9 Å². The average molecular weight is 392 g/mol. The summed E-state index contributed by atoms with van der Waals surface area (Å²) in [5.74, 6) is 0.791. The highest BCUT2D eigenvalue weighted by Crippen LogP contribution is 2.20. The lowest BCUT2D eigenvalue weighted by Crippen LogP contribution is -2.44. The number of hydrogen-bond donors (Lipinski definition) is 2. The molecule has 0 saturated carbocycles. The van der Waals surface area contributed by atoms with Crippen LogP contribution in [0.15, 0.2) is 12.4 Å². The maximum Gasteiger partial charge on any atom is 0.223 e. The van der Waals surface area contributed by atoms with Gasteiger partial charge in [0.15, 0.2) is 0 Å². The van der Waals surface area contributed by atoms with Gasteiger partial charge in [0.25, 0.3) is 0 Å². The van der Waals surface area contributed by atoms with Gasteiger partial charge in [0.1, 0.15) is 5.82 Å². The zero-order chi connectivity index (χ0) is 19.9. The van der Waals surface area contributed by atoms with Gasteiger partial charge >= 0.3 is 0 Å². The third kappa shape index (κ3) is 5.78. The van der Waals surface area contributed by atoms with Crippen LogP contribution in [0.4, 0.5) is 0 Å². The number of imidazole rings is 1. The summed E-state index contributed by atoms with van der Waals surface area (Å²) < 4.78 is 7.35. The van der Waals surface area contributed by atoms with Gasteiger partial charge in [-0.05, 0) is 25.7 Å². The molecule has 3 rings (SSSR count). The monoisotopic (exact) mass is 391 g/mol. The first kappa shape index (κ1) is 20.8. The van der Waals surface area contributed by atoms with Gasteiger partial charge < -0.3 is 24.8 Å². The standard InChI is InChI=1S/C20H33N5O3/c1-24-9-8-21-18(24)13-22-17-5-3-4-15(12-19(26)25(2)14-17)20(27)23-16-6-10-28-11-7-16/h8-9,15-17,22H,3-7,10-14H2,1-2H3,(H,23,27)/t15-,17-/m1/s1. The van der Waals surface area contributed by atoms with Crippen molar-refractivity contribution in [1.29, 1.82) is 0 Å². The minimum Gasteiger partial charge on any atom is -0.381 e. The van der Waals surface area contributed by atoms with Crippen molar-refractivity contribution in [2.45, 2.75) is 57.2 Å². The van der Waals surface area contributed by atoms with E-state index in [-0.39, 0.29) is 36.2 Å². The second kappa shape index (κ2) is 10.0. The molecule has 0 aliphatic carbocycles. The summed E-state index contributed by atoms with van der Waals surface area (Å²) in [6.45, 7) is 2.71. The summed E-state index contributed by atoms with van der Waals surface area (Å²) in [7, 11) is 3.81. The molecule has 156 valence electrons. The summed E-state index contributed by atoms with van der Waals surface area (Å²) in [4.78, 5) is 31.5. The molecule has 2 aliphatic rings. The van der Waals surface area contributed by atoms with Crippen LogP contribution in [-0.4, -0.2) is 65.2 Å². The van der Waals surface area contributed by atoms with E-state index in [1.807, 2.05) is 24.9 Å². The van der Waals surface area contributed by atoms with Crippen molar-refractivity contribution < 1.29 is 14.3 Å². The Balaban J connectivity index is 1.54. The molecule has 2 N–H and O–H groups in total. The number of ether oxygens (including phenoxy) is 1. The number of carbonyl (C=O) groups is 2. The Bertz CT molecular complexity index is 656. The molecule has 8 nitrogen and oxygen atoms in total. The fraction of sp³-hybridized carbons (Fsp3) is 0.750. The van der Waals surface area contributed by atoms with Gasteiger partial charge in [-0.1, -0.05) is 6.42 Å². The minimum absolute atomic E-state index is 0.0214. The molecular formula is C20H33N5O3. The molecule has 8 heteroatoms. The second-order valence-corrected chi connectivity index (χ2v) is 8.03. The van der Waals surface area contributed by atoms with Crippen molar-refractivity contribution in [3.63, 3.8) is 0 Å². The summed E-state index contributed by atoms with van der Waals surface area (Å²) in [5.41, 5.74) is 0. The van der Waals surface area contributed by atoms with Gasteiger partial charge in [-0.15, -0.1) is 0 Å². The van der Waals surface area contributed by atoms with E-state index >= 15 is 0 Å². The Morgan fingerprint density at radius 3 is 2.71 bits per heavy atom. The van der Waals surface area contributed by atoms with E-state index in [4.69, 9.17) is 4.74 Å². The molecule has 28 heavy (non-hydrogen) atoms. The number of nitrogens with one attached hydrogen (secondary N) is 2. The molecule has 3 heterocycles. The summed E-state index contributed by atoms with van der Waals surface area (Å²) in [6.07, 6.45) is 8.31. The lowest BCUT2D eigenvalue weighted by Gasteiger charge is -2.26. The summed E-state index contributed by atoms with van der Waals surface area (Å²) in [6, 6.07) is 0.372. The van der Waals surface area contributed by atoms with Gasteiger partial charge in [-0.3, -0.25) is 9.59 Å². The third-order valence-electron chi connectivity index (χ3n) is 5.85. The number of aromatic nitrogens is 2. The van der Waals surface area contributed by atoms with Crippen molar-refractivity contribution in [3.8, 4) is 0 Å². The quantitative estimate of drug-likeness (QED) is 0.776. The lowest BCUT2D eigenvalue weighted by molar-refractivity contribution is -0.136. The fourth-order valence-corrected chi connectivity index (χ4v) is 3.96. The predicted molar refractivity (Wildman–Crippen MR) is 105 cm³/mol. The van der Waals surface area contributed by atoms with Crippen molar-refractivity contribution in [3.05, 3.63) is 18.2 Å². The lowest BCUT2D eigenvalue weighted by atomic mass is 9.95. The zero-order valence-corrected chi connectivity index (χ0v) is 17.0. The molecule has 0 bridgehead atoms. The van der Waals surface area contributed by atoms with E-state index < -0.39 is 0 Å². The molecule has 2 amide bonds. The number of rotatable bonds is 5. The Morgan fingerprint density at radius 2 is 2.00 bits per heavy atom. The number of aryl methyl sites for hydroxylation is 1. The molecule has 2 saturated heterocycles. The molecule has 0 unspecified atom stereocenters. The van der Waals surface area contributed by atoms with Crippen LogP contribution in [0, 0.1) is 5.92 Å². The Kier molecular flexibility index (Phi) is 7.44. The second-order valence-electron chi connectivity index (χ2n) is 8.03. The number of likely N-dealkylation sites (N-methyl/N-ethyl adjacent to an activating group) is 1. The van der Waals surface area contributed by atoms with Gasteiger partial charge in [0.05, 0.1) is 6.54 Å². The number of nitrogens with zero attached hydrogens (tertiary/aromatic N) is 3. The van der Waals surface area contributed by atoms with Crippen LogP contribution in [0.2, 0.25) is 0 Å². The van der Waals surface area contributed by atoms with E-state index in [2.05, 4.69) is 15.6 Å². The van der Waals surface area contributed by atoms with Crippen LogP contribution in [0.5, 0.6) is 0 Å². The average Bonchev–Trinajstić information content (AvgIpc) is 3.11. The zero-order valence-electron chi connectivity index (χ0n) is 17.0. The van der Waals surface area contributed by atoms with Crippen LogP contribution < -0.4 is 10.6 Å².